The summed E-state index contributed by atoms with van der Waals surface area (Å²) in [5.74, 6) is 1.45. The number of methoxy groups -OCH3 is 2. The molecular weight excluding hydrogens is 230 g/mol. The van der Waals surface area contributed by atoms with Crippen LogP contribution in [0.4, 0.5) is 0 Å². The molecule has 2 rings (SSSR count). The van der Waals surface area contributed by atoms with Gasteiger partial charge in [-0.05, 0) is 17.7 Å². The molecule has 1 heterocycles. The molecule has 0 radical (unpaired) electrons. The average molecular weight is 247 g/mol. The van der Waals surface area contributed by atoms with Crippen molar-refractivity contribution in [1.29, 1.82) is 0 Å². The summed E-state index contributed by atoms with van der Waals surface area (Å²) >= 11 is 0. The van der Waals surface area contributed by atoms with Crippen LogP contribution in [0.25, 0.3) is 0 Å². The summed E-state index contributed by atoms with van der Waals surface area (Å²) in [6.45, 7) is 0. The SMILES string of the molecule is COc1cc(OC)cc(C(N)c2cncn2C)c1. The van der Waals surface area contributed by atoms with Crippen LogP contribution in [0, 0.1) is 0 Å². The summed E-state index contributed by atoms with van der Waals surface area (Å²) in [4.78, 5) is 4.07. The molecule has 0 aliphatic rings. The van der Waals surface area contributed by atoms with E-state index in [4.69, 9.17) is 15.2 Å². The summed E-state index contributed by atoms with van der Waals surface area (Å²) in [5.41, 5.74) is 8.10. The molecule has 18 heavy (non-hydrogen) atoms. The largest absolute Gasteiger partial charge is 0.497 e. The third-order valence-corrected chi connectivity index (χ3v) is 2.91. The Morgan fingerprint density at radius 2 is 1.78 bits per heavy atom. The van der Waals surface area contributed by atoms with Crippen molar-refractivity contribution in [3.63, 3.8) is 0 Å². The molecule has 1 aromatic heterocycles. The number of aromatic nitrogens is 2. The van der Waals surface area contributed by atoms with E-state index in [9.17, 15) is 0 Å². The van der Waals surface area contributed by atoms with Crippen LogP contribution in [-0.2, 0) is 7.05 Å². The number of hydrogen-bond acceptors (Lipinski definition) is 4. The van der Waals surface area contributed by atoms with Crippen LogP contribution in [0.1, 0.15) is 17.3 Å². The Labute approximate surface area is 106 Å². The molecule has 2 aromatic rings. The Hall–Kier alpha value is -2.01. The molecule has 0 bridgehead atoms. The Kier molecular flexibility index (Phi) is 3.53. The number of rotatable bonds is 4. The molecule has 1 atom stereocenters. The second-order valence-electron chi connectivity index (χ2n) is 4.05. The van der Waals surface area contributed by atoms with Gasteiger partial charge in [-0.2, -0.15) is 0 Å². The molecule has 5 nitrogen and oxygen atoms in total. The third-order valence-electron chi connectivity index (χ3n) is 2.91. The summed E-state index contributed by atoms with van der Waals surface area (Å²) in [7, 11) is 5.15. The summed E-state index contributed by atoms with van der Waals surface area (Å²) < 4.78 is 12.4. The molecule has 0 spiro atoms. The van der Waals surface area contributed by atoms with E-state index >= 15 is 0 Å². The first-order chi connectivity index (χ1) is 8.65. The minimum atomic E-state index is -0.263. The molecule has 0 amide bonds. The zero-order valence-electron chi connectivity index (χ0n) is 10.8. The van der Waals surface area contributed by atoms with E-state index in [0.717, 1.165) is 22.8 Å². The second kappa shape index (κ2) is 5.10. The monoisotopic (exact) mass is 247 g/mol. The maximum Gasteiger partial charge on any atom is 0.122 e. The van der Waals surface area contributed by atoms with Gasteiger partial charge in [-0.25, -0.2) is 4.98 Å². The van der Waals surface area contributed by atoms with Crippen LogP contribution in [0.2, 0.25) is 0 Å². The molecule has 96 valence electrons. The number of nitrogens with two attached hydrogens (primary N) is 1. The van der Waals surface area contributed by atoms with Gasteiger partial charge < -0.3 is 19.8 Å². The lowest BCUT2D eigenvalue weighted by Gasteiger charge is -2.15. The smallest absolute Gasteiger partial charge is 0.122 e. The van der Waals surface area contributed by atoms with E-state index in [0.29, 0.717) is 0 Å². The van der Waals surface area contributed by atoms with Gasteiger partial charge in [-0.1, -0.05) is 0 Å². The molecule has 0 saturated carbocycles. The number of aryl methyl sites for hydroxylation is 1. The van der Waals surface area contributed by atoms with Crippen LogP contribution in [0.5, 0.6) is 11.5 Å². The van der Waals surface area contributed by atoms with Crippen LogP contribution >= 0.6 is 0 Å². The van der Waals surface area contributed by atoms with Gasteiger partial charge in [0.15, 0.2) is 0 Å². The van der Waals surface area contributed by atoms with Crippen molar-refractivity contribution in [2.24, 2.45) is 12.8 Å². The fraction of sp³-hybridized carbons (Fsp3) is 0.308. The van der Waals surface area contributed by atoms with Crippen molar-refractivity contribution >= 4 is 0 Å². The summed E-state index contributed by atoms with van der Waals surface area (Å²) in [5, 5.41) is 0. The Morgan fingerprint density at radius 1 is 1.17 bits per heavy atom. The standard InChI is InChI=1S/C13H17N3O2/c1-16-8-15-7-12(16)13(14)9-4-10(17-2)6-11(5-9)18-3/h4-8,13H,14H2,1-3H3. The van der Waals surface area contributed by atoms with E-state index in [1.165, 1.54) is 0 Å². The normalized spacial score (nSPS) is 12.2. The van der Waals surface area contributed by atoms with Gasteiger partial charge in [0.25, 0.3) is 0 Å². The van der Waals surface area contributed by atoms with Crippen LogP contribution in [0.3, 0.4) is 0 Å². The lowest BCUT2D eigenvalue weighted by atomic mass is 10.0. The molecule has 0 fully saturated rings. The third kappa shape index (κ3) is 2.31. The number of imidazole rings is 1. The highest BCUT2D eigenvalue weighted by molar-refractivity contribution is 5.41. The number of nitrogens with zero attached hydrogens (tertiary/aromatic N) is 2. The van der Waals surface area contributed by atoms with Gasteiger partial charge in [0, 0.05) is 13.1 Å². The van der Waals surface area contributed by atoms with Crippen molar-refractivity contribution in [2.75, 3.05) is 14.2 Å². The quantitative estimate of drug-likeness (QED) is 0.889. The van der Waals surface area contributed by atoms with Gasteiger partial charge >= 0.3 is 0 Å². The number of ether oxygens (including phenoxy) is 2. The van der Waals surface area contributed by atoms with E-state index in [2.05, 4.69) is 4.98 Å². The molecular formula is C13H17N3O2. The molecule has 0 saturated heterocycles. The lowest BCUT2D eigenvalue weighted by Crippen LogP contribution is -2.15. The van der Waals surface area contributed by atoms with Crippen LogP contribution in [0.15, 0.2) is 30.7 Å². The number of benzene rings is 1. The van der Waals surface area contributed by atoms with Gasteiger partial charge in [-0.15, -0.1) is 0 Å². The number of hydrogen-bond donors (Lipinski definition) is 1. The molecule has 2 N–H and O–H groups in total. The topological polar surface area (TPSA) is 62.3 Å². The van der Waals surface area contributed by atoms with Crippen molar-refractivity contribution in [3.05, 3.63) is 42.0 Å². The van der Waals surface area contributed by atoms with E-state index in [1.54, 1.807) is 26.7 Å². The summed E-state index contributed by atoms with van der Waals surface area (Å²) in [6.07, 6.45) is 3.49. The maximum absolute atomic E-state index is 6.24. The molecule has 0 aliphatic heterocycles. The maximum atomic E-state index is 6.24. The van der Waals surface area contributed by atoms with Crippen molar-refractivity contribution in [1.82, 2.24) is 9.55 Å². The van der Waals surface area contributed by atoms with Crippen molar-refractivity contribution in [3.8, 4) is 11.5 Å². The second-order valence-corrected chi connectivity index (χ2v) is 4.05. The first kappa shape index (κ1) is 12.4. The highest BCUT2D eigenvalue weighted by atomic mass is 16.5. The van der Waals surface area contributed by atoms with E-state index in [1.807, 2.05) is 29.8 Å². The zero-order chi connectivity index (χ0) is 13.1. The van der Waals surface area contributed by atoms with E-state index < -0.39 is 0 Å². The average Bonchev–Trinajstić information content (AvgIpc) is 2.83. The highest BCUT2D eigenvalue weighted by Gasteiger charge is 2.14. The van der Waals surface area contributed by atoms with Gasteiger partial charge in [0.1, 0.15) is 11.5 Å². The molecule has 5 heteroatoms. The molecule has 0 aliphatic carbocycles. The highest BCUT2D eigenvalue weighted by Crippen LogP contribution is 2.28. The Bertz CT molecular complexity index is 515. The zero-order valence-corrected chi connectivity index (χ0v) is 10.8. The predicted molar refractivity (Wildman–Crippen MR) is 68.8 cm³/mol. The van der Waals surface area contributed by atoms with Crippen molar-refractivity contribution < 1.29 is 9.47 Å². The van der Waals surface area contributed by atoms with Crippen molar-refractivity contribution in [2.45, 2.75) is 6.04 Å². The van der Waals surface area contributed by atoms with Gasteiger partial charge in [-0.3, -0.25) is 0 Å². The van der Waals surface area contributed by atoms with E-state index in [-0.39, 0.29) is 6.04 Å². The van der Waals surface area contributed by atoms with Gasteiger partial charge in [0.2, 0.25) is 0 Å². The fourth-order valence-electron chi connectivity index (χ4n) is 1.85. The predicted octanol–water partition coefficient (Wildman–Crippen LogP) is 1.49. The minimum absolute atomic E-state index is 0.263. The summed E-state index contributed by atoms with van der Waals surface area (Å²) in [6, 6.07) is 5.36. The van der Waals surface area contributed by atoms with Gasteiger partial charge in [0.05, 0.1) is 38.5 Å². The van der Waals surface area contributed by atoms with Crippen LogP contribution in [-0.4, -0.2) is 23.8 Å². The first-order valence-corrected chi connectivity index (χ1v) is 5.60. The fourth-order valence-corrected chi connectivity index (χ4v) is 1.85. The molecule has 1 aromatic carbocycles. The lowest BCUT2D eigenvalue weighted by molar-refractivity contribution is 0.393. The van der Waals surface area contributed by atoms with Crippen LogP contribution < -0.4 is 15.2 Å². The Morgan fingerprint density at radius 3 is 2.22 bits per heavy atom. The molecule has 1 unspecified atom stereocenters. The minimum Gasteiger partial charge on any atom is -0.497 e. The Balaban J connectivity index is 2.41. The first-order valence-electron chi connectivity index (χ1n) is 5.60.